The molecule has 0 aromatic heterocycles. The Morgan fingerprint density at radius 2 is 2.24 bits per heavy atom. The maximum atomic E-state index is 12.4. The number of methoxy groups -OCH3 is 1. The summed E-state index contributed by atoms with van der Waals surface area (Å²) in [5, 5.41) is 9.25. The molecule has 1 unspecified atom stereocenters. The molecule has 0 aliphatic carbocycles. The van der Waals surface area contributed by atoms with Gasteiger partial charge in [-0.1, -0.05) is 12.1 Å². The number of nitrogens with zero attached hydrogens (tertiary/aromatic N) is 1. The molecule has 0 saturated carbocycles. The second kappa shape index (κ2) is 6.55. The highest BCUT2D eigenvalue weighted by Crippen LogP contribution is 2.23. The monoisotopic (exact) mass is 313 g/mol. The van der Waals surface area contributed by atoms with Gasteiger partial charge in [-0.05, 0) is 30.5 Å². The van der Waals surface area contributed by atoms with Gasteiger partial charge >= 0.3 is 5.97 Å². The molecule has 7 heteroatoms. The van der Waals surface area contributed by atoms with Crippen molar-refractivity contribution in [2.24, 2.45) is 0 Å². The molecule has 0 spiro atoms. The summed E-state index contributed by atoms with van der Waals surface area (Å²) in [5.74, 6) is -0.683. The summed E-state index contributed by atoms with van der Waals surface area (Å²) in [6.07, 6.45) is 1.44. The number of benzene rings is 1. The van der Waals surface area contributed by atoms with Crippen LogP contribution in [-0.2, 0) is 20.5 Å². The average molecular weight is 313 g/mol. The first kappa shape index (κ1) is 15.9. The number of esters is 1. The van der Waals surface area contributed by atoms with Gasteiger partial charge in [0.25, 0.3) is 0 Å². The SMILES string of the molecule is COC(=O)c1cccc(CS(=O)(=O)N2CCCC2CO)c1. The van der Waals surface area contributed by atoms with E-state index < -0.39 is 16.0 Å². The van der Waals surface area contributed by atoms with Crippen LogP contribution in [0.3, 0.4) is 0 Å². The van der Waals surface area contributed by atoms with Gasteiger partial charge in [-0.25, -0.2) is 13.2 Å². The third-order valence-corrected chi connectivity index (χ3v) is 5.48. The van der Waals surface area contributed by atoms with Crippen LogP contribution >= 0.6 is 0 Å². The van der Waals surface area contributed by atoms with E-state index in [1.807, 2.05) is 0 Å². The van der Waals surface area contributed by atoms with Crippen molar-refractivity contribution in [1.29, 1.82) is 0 Å². The van der Waals surface area contributed by atoms with Gasteiger partial charge in [-0.3, -0.25) is 0 Å². The Bertz CT molecular complexity index is 614. The maximum Gasteiger partial charge on any atom is 0.337 e. The Labute approximate surface area is 124 Å². The Balaban J connectivity index is 2.19. The molecular weight excluding hydrogens is 294 g/mol. The number of aliphatic hydroxyl groups excluding tert-OH is 1. The molecule has 2 rings (SSSR count). The second-order valence-corrected chi connectivity index (χ2v) is 6.96. The standard InChI is InChI=1S/C14H19NO5S/c1-20-14(17)12-5-2-4-11(8-12)10-21(18,19)15-7-3-6-13(15)9-16/h2,4-5,8,13,16H,3,6-7,9-10H2,1H3. The van der Waals surface area contributed by atoms with E-state index in [1.54, 1.807) is 18.2 Å². The topological polar surface area (TPSA) is 83.9 Å². The van der Waals surface area contributed by atoms with Crippen molar-refractivity contribution in [3.05, 3.63) is 35.4 Å². The molecule has 1 saturated heterocycles. The summed E-state index contributed by atoms with van der Waals surface area (Å²) in [7, 11) is -2.22. The molecule has 1 fully saturated rings. The van der Waals surface area contributed by atoms with Crippen molar-refractivity contribution < 1.29 is 23.1 Å². The van der Waals surface area contributed by atoms with E-state index in [9.17, 15) is 18.3 Å². The summed E-state index contributed by atoms with van der Waals surface area (Å²) in [6, 6.07) is 6.05. The predicted molar refractivity (Wildman–Crippen MR) is 77.2 cm³/mol. The van der Waals surface area contributed by atoms with Crippen LogP contribution in [0.25, 0.3) is 0 Å². The molecule has 0 amide bonds. The smallest absolute Gasteiger partial charge is 0.337 e. The third kappa shape index (κ3) is 3.61. The number of rotatable bonds is 5. The Hall–Kier alpha value is -1.44. The molecule has 1 aliphatic heterocycles. The first-order chi connectivity index (χ1) is 9.97. The third-order valence-electron chi connectivity index (χ3n) is 3.59. The second-order valence-electron chi connectivity index (χ2n) is 5.04. The van der Waals surface area contributed by atoms with Crippen LogP contribution in [0, 0.1) is 0 Å². The highest BCUT2D eigenvalue weighted by molar-refractivity contribution is 7.88. The quantitative estimate of drug-likeness (QED) is 0.811. The first-order valence-electron chi connectivity index (χ1n) is 6.75. The molecule has 116 valence electrons. The van der Waals surface area contributed by atoms with Gasteiger partial charge < -0.3 is 9.84 Å². The highest BCUT2D eigenvalue weighted by Gasteiger charge is 2.33. The van der Waals surface area contributed by atoms with Gasteiger partial charge in [-0.2, -0.15) is 4.31 Å². The van der Waals surface area contributed by atoms with Crippen molar-refractivity contribution in [2.75, 3.05) is 20.3 Å². The average Bonchev–Trinajstić information content (AvgIpc) is 2.95. The molecule has 6 nitrogen and oxygen atoms in total. The van der Waals surface area contributed by atoms with Crippen molar-refractivity contribution in [3.8, 4) is 0 Å². The summed E-state index contributed by atoms with van der Waals surface area (Å²) >= 11 is 0. The minimum absolute atomic E-state index is 0.165. The van der Waals surface area contributed by atoms with E-state index >= 15 is 0 Å². The molecule has 1 aromatic rings. The number of hydrogen-bond acceptors (Lipinski definition) is 5. The zero-order valence-electron chi connectivity index (χ0n) is 11.9. The van der Waals surface area contributed by atoms with Crippen molar-refractivity contribution in [3.63, 3.8) is 0 Å². The lowest BCUT2D eigenvalue weighted by Gasteiger charge is -2.22. The van der Waals surface area contributed by atoms with Crippen LogP contribution in [0.15, 0.2) is 24.3 Å². The van der Waals surface area contributed by atoms with Gasteiger partial charge in [-0.15, -0.1) is 0 Å². The van der Waals surface area contributed by atoms with E-state index in [0.717, 1.165) is 6.42 Å². The first-order valence-corrected chi connectivity index (χ1v) is 8.36. The van der Waals surface area contributed by atoms with E-state index in [2.05, 4.69) is 4.74 Å². The molecule has 0 radical (unpaired) electrons. The Morgan fingerprint density at radius 1 is 1.48 bits per heavy atom. The summed E-state index contributed by atoms with van der Waals surface area (Å²) < 4.78 is 30.8. The van der Waals surface area contributed by atoms with Crippen LogP contribution in [0.5, 0.6) is 0 Å². The summed E-state index contributed by atoms with van der Waals surface area (Å²) in [6.45, 7) is 0.270. The normalized spacial score (nSPS) is 19.6. The minimum atomic E-state index is -3.50. The summed E-state index contributed by atoms with van der Waals surface area (Å²) in [5.41, 5.74) is 0.854. The fraction of sp³-hybridized carbons (Fsp3) is 0.500. The van der Waals surface area contributed by atoms with Crippen LogP contribution in [0.1, 0.15) is 28.8 Å². The van der Waals surface area contributed by atoms with Gasteiger partial charge in [0.15, 0.2) is 0 Å². The molecular formula is C14H19NO5S. The van der Waals surface area contributed by atoms with Crippen LogP contribution in [0.4, 0.5) is 0 Å². The molecule has 1 atom stereocenters. The zero-order chi connectivity index (χ0) is 15.5. The lowest BCUT2D eigenvalue weighted by Crippen LogP contribution is -2.38. The highest BCUT2D eigenvalue weighted by atomic mass is 32.2. The van der Waals surface area contributed by atoms with E-state index in [-0.39, 0.29) is 18.4 Å². The lowest BCUT2D eigenvalue weighted by molar-refractivity contribution is 0.0600. The zero-order valence-corrected chi connectivity index (χ0v) is 12.7. The van der Waals surface area contributed by atoms with Crippen molar-refractivity contribution >= 4 is 16.0 Å². The fourth-order valence-corrected chi connectivity index (χ4v) is 4.36. The molecule has 1 aliphatic rings. The van der Waals surface area contributed by atoms with Crippen LogP contribution in [-0.4, -0.2) is 50.1 Å². The van der Waals surface area contributed by atoms with Gasteiger partial charge in [0.1, 0.15) is 0 Å². The molecule has 1 heterocycles. The maximum absolute atomic E-state index is 12.4. The number of carbonyl (C=O) groups is 1. The van der Waals surface area contributed by atoms with E-state index in [4.69, 9.17) is 0 Å². The minimum Gasteiger partial charge on any atom is -0.465 e. The summed E-state index contributed by atoms with van der Waals surface area (Å²) in [4.78, 5) is 11.5. The van der Waals surface area contributed by atoms with Gasteiger partial charge in [0.05, 0.1) is 25.0 Å². The molecule has 21 heavy (non-hydrogen) atoms. The fourth-order valence-electron chi connectivity index (χ4n) is 2.56. The van der Waals surface area contributed by atoms with E-state index in [1.165, 1.54) is 17.5 Å². The van der Waals surface area contributed by atoms with Crippen LogP contribution in [0.2, 0.25) is 0 Å². The number of sulfonamides is 1. The molecule has 1 N–H and O–H groups in total. The van der Waals surface area contributed by atoms with Crippen molar-refractivity contribution in [1.82, 2.24) is 4.31 Å². The lowest BCUT2D eigenvalue weighted by atomic mass is 10.1. The Morgan fingerprint density at radius 3 is 2.90 bits per heavy atom. The largest absolute Gasteiger partial charge is 0.465 e. The number of carbonyl (C=O) groups excluding carboxylic acids is 1. The molecule has 0 bridgehead atoms. The number of aliphatic hydroxyl groups is 1. The molecule has 1 aromatic carbocycles. The van der Waals surface area contributed by atoms with E-state index in [0.29, 0.717) is 24.1 Å². The number of hydrogen-bond donors (Lipinski definition) is 1. The van der Waals surface area contributed by atoms with Gasteiger partial charge in [0, 0.05) is 12.6 Å². The Kier molecular flexibility index (Phi) is 4.97. The predicted octanol–water partition coefficient (Wildman–Crippen LogP) is 0.760. The van der Waals surface area contributed by atoms with Crippen LogP contribution < -0.4 is 0 Å². The number of ether oxygens (including phenoxy) is 1. The van der Waals surface area contributed by atoms with Gasteiger partial charge in [0.2, 0.25) is 10.0 Å². The van der Waals surface area contributed by atoms with Crippen molar-refractivity contribution in [2.45, 2.75) is 24.6 Å².